The van der Waals surface area contributed by atoms with E-state index in [0.717, 1.165) is 13.2 Å². The van der Waals surface area contributed by atoms with Gasteiger partial charge in [-0.25, -0.2) is 0 Å². The molecule has 0 unspecified atom stereocenters. The van der Waals surface area contributed by atoms with Crippen LogP contribution in [0.2, 0.25) is 0 Å². The van der Waals surface area contributed by atoms with Crippen molar-refractivity contribution in [2.45, 2.75) is 107 Å². The summed E-state index contributed by atoms with van der Waals surface area (Å²) in [7, 11) is 9.56. The molecule has 0 aliphatic rings. The number of nitrogens with zero attached hydrogens (tertiary/aromatic N) is 1. The van der Waals surface area contributed by atoms with Crippen molar-refractivity contribution in [2.24, 2.45) is 34.4 Å². The van der Waals surface area contributed by atoms with Crippen molar-refractivity contribution in [1.82, 2.24) is 20.9 Å². The largest absolute Gasteiger partial charge is 0.496 e. The number of amides is 8. The second-order valence-electron chi connectivity index (χ2n) is 23.7. The third-order valence-electron chi connectivity index (χ3n) is 15.9. The minimum Gasteiger partial charge on any atom is -0.496 e. The topological polar surface area (TPSA) is 426 Å². The molecule has 540 valence electrons. The molecule has 0 spiro atoms. The molecule has 100 heavy (non-hydrogen) atoms. The van der Waals surface area contributed by atoms with Crippen LogP contribution >= 0.6 is 0 Å². The van der Waals surface area contributed by atoms with Crippen LogP contribution in [0.3, 0.4) is 0 Å². The molecular formula is C73H100N14O13. The molecule has 0 radical (unpaired) electrons. The smallest absolute Gasteiger partial charge is 0.255 e. The summed E-state index contributed by atoms with van der Waals surface area (Å²) in [6.07, 6.45) is 5.29. The number of nitrogens with two attached hydrogens (primary N) is 6. The van der Waals surface area contributed by atoms with Crippen LogP contribution in [-0.2, 0) is 23.9 Å². The van der Waals surface area contributed by atoms with Crippen LogP contribution in [0.25, 0.3) is 0 Å². The van der Waals surface area contributed by atoms with Crippen molar-refractivity contribution in [1.29, 1.82) is 0 Å². The first-order valence-electron chi connectivity index (χ1n) is 33.3. The van der Waals surface area contributed by atoms with Crippen molar-refractivity contribution in [3.05, 3.63) is 167 Å². The first-order valence-corrected chi connectivity index (χ1v) is 33.3. The van der Waals surface area contributed by atoms with Crippen molar-refractivity contribution in [3.8, 4) is 23.0 Å². The number of anilines is 4. The van der Waals surface area contributed by atoms with Gasteiger partial charge in [0, 0.05) is 29.3 Å². The summed E-state index contributed by atoms with van der Waals surface area (Å²) in [5.41, 5.74) is 37.7. The Hall–Kier alpha value is -10.0. The molecule has 27 nitrogen and oxygen atoms in total. The van der Waals surface area contributed by atoms with Gasteiger partial charge in [-0.15, -0.1) is 0 Å². The van der Waals surface area contributed by atoms with E-state index < -0.39 is 71.4 Å². The van der Waals surface area contributed by atoms with E-state index in [1.165, 1.54) is 106 Å². The van der Waals surface area contributed by atoms with E-state index in [9.17, 15) is 38.4 Å². The van der Waals surface area contributed by atoms with Crippen molar-refractivity contribution in [3.63, 3.8) is 0 Å². The molecule has 4 atom stereocenters. The normalized spacial score (nSPS) is 12.1. The van der Waals surface area contributed by atoms with Gasteiger partial charge in [-0.2, -0.15) is 0 Å². The number of rotatable bonds is 41. The van der Waals surface area contributed by atoms with Crippen molar-refractivity contribution in [2.75, 3.05) is 103 Å². The van der Waals surface area contributed by atoms with E-state index >= 15 is 0 Å². The first kappa shape index (κ1) is 80.7. The fourth-order valence-corrected chi connectivity index (χ4v) is 10.4. The predicted octanol–water partition coefficient (Wildman–Crippen LogP) is 6.17. The second kappa shape index (κ2) is 43.4. The molecule has 6 aromatic carbocycles. The predicted molar refractivity (Wildman–Crippen MR) is 388 cm³/mol. The van der Waals surface area contributed by atoms with Crippen LogP contribution in [0, 0.1) is 0 Å². The third-order valence-corrected chi connectivity index (χ3v) is 15.9. The molecule has 0 aromatic heterocycles. The summed E-state index contributed by atoms with van der Waals surface area (Å²) in [6, 6.07) is 34.0. The van der Waals surface area contributed by atoms with Crippen LogP contribution < -0.4 is 90.6 Å². The van der Waals surface area contributed by atoms with E-state index in [1.807, 2.05) is 12.1 Å². The summed E-state index contributed by atoms with van der Waals surface area (Å²) < 4.78 is 27.8. The van der Waals surface area contributed by atoms with Gasteiger partial charge in [0.2, 0.25) is 23.6 Å². The van der Waals surface area contributed by atoms with Crippen molar-refractivity contribution < 1.29 is 62.0 Å². The molecule has 0 aliphatic carbocycles. The molecule has 6 rings (SSSR count). The average Bonchev–Trinajstić information content (AvgIpc) is 0.834. The fraction of sp³-hybridized carbons (Fsp3) is 0.397. The lowest BCUT2D eigenvalue weighted by Gasteiger charge is -2.22. The SMILES string of the molecule is CN(C)CCOC(c1ccccc1)c1ccccc1.COc1ccc(NC(=O)[C@H](CCCCN)NC(=O)c2cc(NC(=O)[C@H](CCCCN)NC(=O)c3cc(NC(=O)[C@H](CCCCN)NC(=O)c4cc(NC(=O)[C@@H](N)CCCCN)ccc4OC)ccc3OC)ccc2OC)cc1C(N)=O. The molecule has 0 aliphatic heterocycles. The van der Waals surface area contributed by atoms with Crippen molar-refractivity contribution >= 4 is 70.0 Å². The third kappa shape index (κ3) is 26.0. The summed E-state index contributed by atoms with van der Waals surface area (Å²) >= 11 is 0. The summed E-state index contributed by atoms with van der Waals surface area (Å²) in [4.78, 5) is 111. The maximum absolute atomic E-state index is 14.2. The summed E-state index contributed by atoms with van der Waals surface area (Å²) in [5.74, 6) is -4.64. The fourth-order valence-electron chi connectivity index (χ4n) is 10.4. The second-order valence-corrected chi connectivity index (χ2v) is 23.7. The van der Waals surface area contributed by atoms with Crippen LogP contribution in [-0.4, -0.2) is 158 Å². The van der Waals surface area contributed by atoms with Gasteiger partial charge in [0.05, 0.1) is 63.3 Å². The van der Waals surface area contributed by atoms with E-state index in [2.05, 4.69) is 105 Å². The molecule has 0 fully saturated rings. The first-order chi connectivity index (χ1) is 48.2. The Kier molecular flexibility index (Phi) is 35.0. The lowest BCUT2D eigenvalue weighted by molar-refractivity contribution is -0.118. The van der Waals surface area contributed by atoms with Crippen LogP contribution in [0.5, 0.6) is 23.0 Å². The summed E-state index contributed by atoms with van der Waals surface area (Å²) in [6.45, 7) is 3.11. The van der Waals surface area contributed by atoms with Gasteiger partial charge >= 0.3 is 0 Å². The molecule has 27 heteroatoms. The minimum atomic E-state index is -1.17. The highest BCUT2D eigenvalue weighted by atomic mass is 16.5. The number of carbonyl (C=O) groups is 8. The number of benzene rings is 6. The highest BCUT2D eigenvalue weighted by Crippen LogP contribution is 2.30. The molecule has 0 saturated heterocycles. The van der Waals surface area contributed by atoms with E-state index in [4.69, 9.17) is 58.1 Å². The zero-order chi connectivity index (χ0) is 72.9. The Morgan fingerprint density at radius 1 is 0.400 bits per heavy atom. The molecule has 19 N–H and O–H groups in total. The Morgan fingerprint density at radius 3 is 1.00 bits per heavy atom. The summed E-state index contributed by atoms with van der Waals surface area (Å²) in [5, 5.41) is 19.3. The molecule has 8 amide bonds. The van der Waals surface area contributed by atoms with Gasteiger partial charge in [0.25, 0.3) is 23.6 Å². The number of nitrogens with one attached hydrogen (secondary N) is 7. The van der Waals surface area contributed by atoms with Gasteiger partial charge in [-0.05, 0) is 195 Å². The van der Waals surface area contributed by atoms with Crippen LogP contribution in [0.4, 0.5) is 22.7 Å². The van der Waals surface area contributed by atoms with Crippen LogP contribution in [0.15, 0.2) is 133 Å². The minimum absolute atomic E-state index is 0.0161. The highest BCUT2D eigenvalue weighted by Gasteiger charge is 2.29. The number of likely N-dealkylation sites (N-methyl/N-ethyl adjacent to an activating group) is 1. The molecule has 0 bridgehead atoms. The Bertz CT molecular complexity index is 3560. The van der Waals surface area contributed by atoms with Gasteiger partial charge in [0.15, 0.2) is 0 Å². The number of hydrogen-bond acceptors (Lipinski definition) is 19. The van der Waals surface area contributed by atoms with Crippen LogP contribution in [0.1, 0.15) is 136 Å². The average molecular weight is 1380 g/mol. The van der Waals surface area contributed by atoms with E-state index in [-0.39, 0.29) is 93.4 Å². The lowest BCUT2D eigenvalue weighted by atomic mass is 10.0. The quantitative estimate of drug-likeness (QED) is 0.0191. The monoisotopic (exact) mass is 1380 g/mol. The molecule has 0 heterocycles. The molecule has 6 aromatic rings. The number of unbranched alkanes of at least 4 members (excludes halogenated alkanes) is 4. The van der Waals surface area contributed by atoms with Gasteiger partial charge in [-0.3, -0.25) is 38.4 Å². The zero-order valence-corrected chi connectivity index (χ0v) is 58.0. The lowest BCUT2D eigenvalue weighted by Crippen LogP contribution is -2.44. The Morgan fingerprint density at radius 2 is 0.700 bits per heavy atom. The number of carbonyl (C=O) groups excluding carboxylic acids is 8. The molecular weight excluding hydrogens is 1280 g/mol. The Balaban J connectivity index is 0.000000809. The maximum Gasteiger partial charge on any atom is 0.255 e. The standard InChI is InChI=1S/C56H79N13O12.C17H21NO/c1-78-45-21-17-33(29-37(45)49(62)70)64-54(75)42(14-6-10-26-58)67-51(72)39-31-35(19-23-47(39)80-3)66-56(77)44(16-8-12-28-60)69-52(73)40-32-36(20-24-48(40)81-4)65-55(76)43(15-7-11-27-59)68-50(71)38-30-34(18-22-46(38)79-2)63-53(74)41(61)13-5-9-25-57;1-18(2)13-14-19-17(15-9-5-3-6-10-15)16-11-7-4-8-12-16/h17-24,29-32,41-44H,5-16,25-28,57-61H2,1-4H3,(H2,62,70)(H,63,74)(H,64,75)(H,65,76)(H,66,77)(H,67,72)(H,68,71)(H,69,73);3-12,17H,13-14H2,1-2H3/t41-,42-,43-,44-;/m0./s1. The number of primary amides is 1. The number of ether oxygens (including phenoxy) is 5. The van der Waals surface area contributed by atoms with E-state index in [1.54, 1.807) is 6.07 Å². The molecule has 0 saturated carbocycles. The zero-order valence-electron chi connectivity index (χ0n) is 58.0. The van der Waals surface area contributed by atoms with Gasteiger partial charge in [-0.1, -0.05) is 67.1 Å². The maximum atomic E-state index is 14.2. The number of hydrogen-bond donors (Lipinski definition) is 13. The number of methoxy groups -OCH3 is 4. The van der Waals surface area contributed by atoms with Gasteiger partial charge < -0.3 is 100 Å². The van der Waals surface area contributed by atoms with Gasteiger partial charge in [0.1, 0.15) is 47.2 Å². The Labute approximate surface area is 585 Å². The van der Waals surface area contributed by atoms with E-state index in [0.29, 0.717) is 84.0 Å². The highest BCUT2D eigenvalue weighted by molar-refractivity contribution is 6.07.